The van der Waals surface area contributed by atoms with Crippen LogP contribution in [0.25, 0.3) is 0 Å². The van der Waals surface area contributed by atoms with Crippen LogP contribution in [0.15, 0.2) is 0 Å². The van der Waals surface area contributed by atoms with Crippen molar-refractivity contribution in [3.63, 3.8) is 0 Å². The minimum Gasteiger partial charge on any atom is -0.368 e. The highest BCUT2D eigenvalue weighted by atomic mass is 16.5. The minimum absolute atomic E-state index is 0.00554. The molecule has 0 aromatic heterocycles. The predicted octanol–water partition coefficient (Wildman–Crippen LogP) is 0.271. The minimum atomic E-state index is -0.338. The topological polar surface area (TPSA) is 70.7 Å². The molecule has 21 heavy (non-hydrogen) atoms. The Kier molecular flexibility index (Phi) is 5.99. The number of carbonyl (C=O) groups is 2. The van der Waals surface area contributed by atoms with Crippen molar-refractivity contribution in [3.05, 3.63) is 0 Å². The van der Waals surface area contributed by atoms with Crippen molar-refractivity contribution in [1.82, 2.24) is 15.5 Å². The molecule has 6 heteroatoms. The number of nitrogens with zero attached hydrogens (tertiary/aromatic N) is 1. The van der Waals surface area contributed by atoms with Crippen molar-refractivity contribution in [2.24, 2.45) is 0 Å². The quantitative estimate of drug-likeness (QED) is 0.764. The van der Waals surface area contributed by atoms with E-state index < -0.39 is 0 Å². The zero-order valence-electron chi connectivity index (χ0n) is 13.1. The molecule has 3 unspecified atom stereocenters. The van der Waals surface area contributed by atoms with E-state index in [1.807, 2.05) is 14.0 Å². The van der Waals surface area contributed by atoms with Gasteiger partial charge in [-0.05, 0) is 46.1 Å². The molecule has 2 amide bonds. The molecule has 2 rings (SSSR count). The number of rotatable bonds is 5. The first-order valence-corrected chi connectivity index (χ1v) is 8.00. The third-order valence-corrected chi connectivity index (χ3v) is 4.37. The van der Waals surface area contributed by atoms with Crippen LogP contribution >= 0.6 is 0 Å². The van der Waals surface area contributed by atoms with Gasteiger partial charge in [0, 0.05) is 25.7 Å². The van der Waals surface area contributed by atoms with Crippen LogP contribution < -0.4 is 10.6 Å². The number of piperidine rings is 1. The van der Waals surface area contributed by atoms with Gasteiger partial charge in [0.1, 0.15) is 12.1 Å². The molecule has 120 valence electrons. The second-order valence-electron chi connectivity index (χ2n) is 5.98. The second kappa shape index (κ2) is 7.75. The summed E-state index contributed by atoms with van der Waals surface area (Å²) in [4.78, 5) is 26.6. The molecule has 0 radical (unpaired) electrons. The number of carbonyl (C=O) groups excluding carboxylic acids is 2. The van der Waals surface area contributed by atoms with Crippen LogP contribution in [0, 0.1) is 0 Å². The van der Waals surface area contributed by atoms with Crippen LogP contribution in [0.4, 0.5) is 0 Å². The molecular formula is C15H27N3O3. The SMILES string of the molecule is CNC(C)CNC(=O)C1CCCCN1C(=O)C1CCCO1. The molecule has 0 aliphatic carbocycles. The molecule has 2 fully saturated rings. The van der Waals surface area contributed by atoms with Crippen molar-refractivity contribution in [2.45, 2.75) is 57.2 Å². The highest BCUT2D eigenvalue weighted by Gasteiger charge is 2.36. The standard InChI is InChI=1S/C15H27N3O3/c1-11(16-2)10-17-14(19)12-6-3-4-8-18(12)15(20)13-7-5-9-21-13/h11-13,16H,3-10H2,1-2H3,(H,17,19). The average Bonchev–Trinajstić information content (AvgIpc) is 3.05. The van der Waals surface area contributed by atoms with Crippen LogP contribution in [-0.4, -0.2) is 61.6 Å². The first kappa shape index (κ1) is 16.2. The van der Waals surface area contributed by atoms with Crippen LogP contribution in [0.2, 0.25) is 0 Å². The summed E-state index contributed by atoms with van der Waals surface area (Å²) in [6, 6.07) is -0.112. The van der Waals surface area contributed by atoms with Gasteiger partial charge in [-0.25, -0.2) is 0 Å². The number of hydrogen-bond donors (Lipinski definition) is 2. The maximum Gasteiger partial charge on any atom is 0.252 e. The first-order chi connectivity index (χ1) is 10.1. The van der Waals surface area contributed by atoms with E-state index in [1.54, 1.807) is 4.90 Å². The Labute approximate surface area is 126 Å². The Bertz CT molecular complexity index is 369. The Morgan fingerprint density at radius 1 is 1.29 bits per heavy atom. The van der Waals surface area contributed by atoms with Crippen LogP contribution in [0.3, 0.4) is 0 Å². The van der Waals surface area contributed by atoms with Crippen molar-refractivity contribution in [1.29, 1.82) is 0 Å². The van der Waals surface area contributed by atoms with Gasteiger partial charge in [-0.1, -0.05) is 0 Å². The molecule has 0 aromatic carbocycles. The fraction of sp³-hybridized carbons (Fsp3) is 0.867. The van der Waals surface area contributed by atoms with Crippen molar-refractivity contribution >= 4 is 11.8 Å². The molecule has 2 aliphatic rings. The fourth-order valence-electron chi connectivity index (χ4n) is 2.90. The summed E-state index contributed by atoms with van der Waals surface area (Å²) in [6.07, 6.45) is 4.08. The van der Waals surface area contributed by atoms with Crippen LogP contribution in [-0.2, 0) is 14.3 Å². The number of amides is 2. The molecule has 0 spiro atoms. The van der Waals surface area contributed by atoms with E-state index >= 15 is 0 Å². The lowest BCUT2D eigenvalue weighted by molar-refractivity contribution is -0.149. The van der Waals surface area contributed by atoms with Gasteiger partial charge >= 0.3 is 0 Å². The Hall–Kier alpha value is -1.14. The molecule has 6 nitrogen and oxygen atoms in total. The number of nitrogens with one attached hydrogen (secondary N) is 2. The second-order valence-corrected chi connectivity index (χ2v) is 5.98. The summed E-state index contributed by atoms with van der Waals surface area (Å²) in [7, 11) is 1.87. The van der Waals surface area contributed by atoms with Crippen LogP contribution in [0.1, 0.15) is 39.0 Å². The number of likely N-dealkylation sites (tertiary alicyclic amines) is 1. The molecule has 0 aromatic rings. The van der Waals surface area contributed by atoms with E-state index in [1.165, 1.54) is 0 Å². The average molecular weight is 297 g/mol. The van der Waals surface area contributed by atoms with E-state index in [-0.39, 0.29) is 30.0 Å². The molecular weight excluding hydrogens is 270 g/mol. The third kappa shape index (κ3) is 4.17. The van der Waals surface area contributed by atoms with Gasteiger partial charge in [0.25, 0.3) is 5.91 Å². The zero-order chi connectivity index (χ0) is 15.2. The third-order valence-electron chi connectivity index (χ3n) is 4.37. The molecule has 2 saturated heterocycles. The molecule has 0 bridgehead atoms. The van der Waals surface area contributed by atoms with Gasteiger partial charge in [0.15, 0.2) is 0 Å². The van der Waals surface area contributed by atoms with Crippen molar-refractivity contribution in [3.8, 4) is 0 Å². The van der Waals surface area contributed by atoms with Crippen molar-refractivity contribution < 1.29 is 14.3 Å². The monoisotopic (exact) mass is 297 g/mol. The molecule has 2 aliphatic heterocycles. The van der Waals surface area contributed by atoms with E-state index in [4.69, 9.17) is 4.74 Å². The zero-order valence-corrected chi connectivity index (χ0v) is 13.1. The van der Waals surface area contributed by atoms with E-state index in [9.17, 15) is 9.59 Å². The summed E-state index contributed by atoms with van der Waals surface area (Å²) in [5, 5.41) is 6.03. The molecule has 2 N–H and O–H groups in total. The van der Waals surface area contributed by atoms with Gasteiger partial charge in [-0.2, -0.15) is 0 Å². The summed E-state index contributed by atoms with van der Waals surface area (Å²) in [5.41, 5.74) is 0. The van der Waals surface area contributed by atoms with Gasteiger partial charge in [0.2, 0.25) is 5.91 Å². The summed E-state index contributed by atoms with van der Waals surface area (Å²) in [6.45, 7) is 3.91. The number of hydrogen-bond acceptors (Lipinski definition) is 4. The Morgan fingerprint density at radius 2 is 2.10 bits per heavy atom. The summed E-state index contributed by atoms with van der Waals surface area (Å²) in [5.74, 6) is -0.0443. The fourth-order valence-corrected chi connectivity index (χ4v) is 2.90. The molecule has 0 saturated carbocycles. The molecule has 3 atom stereocenters. The van der Waals surface area contributed by atoms with Gasteiger partial charge in [-0.3, -0.25) is 9.59 Å². The Morgan fingerprint density at radius 3 is 2.76 bits per heavy atom. The first-order valence-electron chi connectivity index (χ1n) is 8.00. The van der Waals surface area contributed by atoms with Crippen molar-refractivity contribution in [2.75, 3.05) is 26.7 Å². The van der Waals surface area contributed by atoms with Gasteiger partial charge in [-0.15, -0.1) is 0 Å². The predicted molar refractivity (Wildman–Crippen MR) is 79.9 cm³/mol. The summed E-state index contributed by atoms with van der Waals surface area (Å²) < 4.78 is 5.48. The maximum atomic E-state index is 12.5. The normalized spacial score (nSPS) is 27.4. The van der Waals surface area contributed by atoms with E-state index in [2.05, 4.69) is 10.6 Å². The highest BCUT2D eigenvalue weighted by Crippen LogP contribution is 2.22. The number of ether oxygens (including phenoxy) is 1. The van der Waals surface area contributed by atoms with E-state index in [0.717, 1.165) is 32.1 Å². The largest absolute Gasteiger partial charge is 0.368 e. The van der Waals surface area contributed by atoms with E-state index in [0.29, 0.717) is 19.7 Å². The lowest BCUT2D eigenvalue weighted by atomic mass is 10.00. The van der Waals surface area contributed by atoms with Gasteiger partial charge < -0.3 is 20.3 Å². The number of likely N-dealkylation sites (N-methyl/N-ethyl adjacent to an activating group) is 1. The highest BCUT2D eigenvalue weighted by molar-refractivity contribution is 5.89. The lowest BCUT2D eigenvalue weighted by Crippen LogP contribution is -2.55. The van der Waals surface area contributed by atoms with Gasteiger partial charge in [0.05, 0.1) is 0 Å². The lowest BCUT2D eigenvalue weighted by Gasteiger charge is -2.36. The molecule has 2 heterocycles. The summed E-state index contributed by atoms with van der Waals surface area (Å²) >= 11 is 0. The maximum absolute atomic E-state index is 12.5. The smallest absolute Gasteiger partial charge is 0.252 e. The van der Waals surface area contributed by atoms with Crippen LogP contribution in [0.5, 0.6) is 0 Å². The Balaban J connectivity index is 1.94.